The summed E-state index contributed by atoms with van der Waals surface area (Å²) in [6, 6.07) is 9.76. The highest BCUT2D eigenvalue weighted by Gasteiger charge is 2.50. The van der Waals surface area contributed by atoms with Crippen molar-refractivity contribution in [3.05, 3.63) is 29.8 Å². The van der Waals surface area contributed by atoms with Crippen LogP contribution >= 0.6 is 0 Å². The molecule has 1 aliphatic carbocycles. The Morgan fingerprint density at radius 2 is 1.68 bits per heavy atom. The number of nitrogens with one attached hydrogen (secondary N) is 1. The number of likely N-dealkylation sites (tertiary alicyclic amines) is 1. The van der Waals surface area contributed by atoms with E-state index in [4.69, 9.17) is 10.00 Å². The molecule has 4 rings (SSSR count). The number of ether oxygens (including phenoxy) is 1. The Balaban J connectivity index is 1.24. The van der Waals surface area contributed by atoms with Crippen LogP contribution in [0, 0.1) is 23.2 Å². The summed E-state index contributed by atoms with van der Waals surface area (Å²) < 4.78 is 5.83. The maximum Gasteiger partial charge on any atom is 0.119 e. The summed E-state index contributed by atoms with van der Waals surface area (Å²) in [6.07, 6.45) is 11.9. The summed E-state index contributed by atoms with van der Waals surface area (Å²) in [7, 11) is 0. The summed E-state index contributed by atoms with van der Waals surface area (Å²) >= 11 is 0. The fourth-order valence-electron chi connectivity index (χ4n) is 6.26. The van der Waals surface area contributed by atoms with Crippen LogP contribution in [0.2, 0.25) is 0 Å². The number of benzene rings is 1. The molecule has 2 N–H and O–H groups in total. The van der Waals surface area contributed by atoms with Crippen LogP contribution in [0.4, 0.5) is 0 Å². The third-order valence-electron chi connectivity index (χ3n) is 7.99. The first-order chi connectivity index (χ1) is 15.2. The van der Waals surface area contributed by atoms with Crippen molar-refractivity contribution >= 4 is 0 Å². The molecule has 3 aliphatic rings. The summed E-state index contributed by atoms with van der Waals surface area (Å²) in [5.41, 5.74) is 0.151. The first-order valence-corrected chi connectivity index (χ1v) is 12.5. The fourth-order valence-corrected chi connectivity index (χ4v) is 6.26. The zero-order valence-corrected chi connectivity index (χ0v) is 18.9. The minimum absolute atomic E-state index is 0.293. The van der Waals surface area contributed by atoms with Crippen LogP contribution in [0.5, 0.6) is 5.75 Å². The number of piperidine rings is 2. The highest BCUT2D eigenvalue weighted by atomic mass is 16.5. The molecule has 0 aromatic heterocycles. The number of aliphatic hydroxyl groups is 1. The van der Waals surface area contributed by atoms with Crippen LogP contribution < -0.4 is 10.1 Å². The molecule has 5 nitrogen and oxygen atoms in total. The molecule has 1 aromatic carbocycles. The maximum absolute atomic E-state index is 12.1. The van der Waals surface area contributed by atoms with Crippen LogP contribution in [0.15, 0.2) is 24.3 Å². The Morgan fingerprint density at radius 1 is 1.00 bits per heavy atom. The van der Waals surface area contributed by atoms with E-state index in [-0.39, 0.29) is 0 Å². The molecule has 2 unspecified atom stereocenters. The van der Waals surface area contributed by atoms with Gasteiger partial charge in [0.1, 0.15) is 5.75 Å². The largest absolute Gasteiger partial charge is 0.494 e. The maximum atomic E-state index is 12.1. The number of nitriles is 1. The van der Waals surface area contributed by atoms with Crippen LogP contribution in [0.1, 0.15) is 69.8 Å². The van der Waals surface area contributed by atoms with Crippen molar-refractivity contribution < 1.29 is 9.84 Å². The van der Waals surface area contributed by atoms with E-state index in [1.54, 1.807) is 12.1 Å². The lowest BCUT2D eigenvalue weighted by molar-refractivity contribution is -0.117. The Hall–Kier alpha value is -1.61. The highest BCUT2D eigenvalue weighted by Crippen LogP contribution is 2.45. The van der Waals surface area contributed by atoms with Crippen molar-refractivity contribution in [2.24, 2.45) is 11.8 Å². The molecular weight excluding hydrogens is 386 g/mol. The molecule has 170 valence electrons. The number of hydrogen-bond acceptors (Lipinski definition) is 5. The van der Waals surface area contributed by atoms with Gasteiger partial charge in [0, 0.05) is 12.6 Å². The topological polar surface area (TPSA) is 68.5 Å². The van der Waals surface area contributed by atoms with E-state index in [1.165, 1.54) is 38.5 Å². The molecule has 2 saturated heterocycles. The van der Waals surface area contributed by atoms with E-state index < -0.39 is 5.60 Å². The predicted octanol–water partition coefficient (Wildman–Crippen LogP) is 4.10. The van der Waals surface area contributed by atoms with Crippen LogP contribution in [0.25, 0.3) is 0 Å². The predicted molar refractivity (Wildman–Crippen MR) is 123 cm³/mol. The Morgan fingerprint density at radius 3 is 2.32 bits per heavy atom. The van der Waals surface area contributed by atoms with Gasteiger partial charge in [-0.2, -0.15) is 5.26 Å². The second-order valence-electron chi connectivity index (χ2n) is 9.83. The molecule has 31 heavy (non-hydrogen) atoms. The number of nitrogens with zero attached hydrogens (tertiary/aromatic N) is 2. The summed E-state index contributed by atoms with van der Waals surface area (Å²) in [6.45, 7) is 4.99. The number of rotatable bonds is 8. The first-order valence-electron chi connectivity index (χ1n) is 12.5. The van der Waals surface area contributed by atoms with Gasteiger partial charge in [0.05, 0.1) is 23.8 Å². The molecular formula is C26H39N3O2. The van der Waals surface area contributed by atoms with Crippen molar-refractivity contribution in [3.63, 3.8) is 0 Å². The van der Waals surface area contributed by atoms with Gasteiger partial charge < -0.3 is 20.1 Å². The zero-order chi connectivity index (χ0) is 21.5. The molecule has 5 heteroatoms. The first kappa shape index (κ1) is 22.6. The van der Waals surface area contributed by atoms with Gasteiger partial charge in [-0.3, -0.25) is 0 Å². The second-order valence-corrected chi connectivity index (χ2v) is 9.83. The summed E-state index contributed by atoms with van der Waals surface area (Å²) in [4.78, 5) is 2.54. The third-order valence-corrected chi connectivity index (χ3v) is 7.99. The van der Waals surface area contributed by atoms with Gasteiger partial charge in [0.2, 0.25) is 0 Å². The lowest BCUT2D eigenvalue weighted by Gasteiger charge is -2.50. The van der Waals surface area contributed by atoms with Gasteiger partial charge in [-0.25, -0.2) is 0 Å². The van der Waals surface area contributed by atoms with Crippen LogP contribution in [0.3, 0.4) is 0 Å². The van der Waals surface area contributed by atoms with Crippen LogP contribution in [-0.2, 0) is 0 Å². The average molecular weight is 426 g/mol. The van der Waals surface area contributed by atoms with E-state index in [0.717, 1.165) is 57.6 Å². The molecule has 0 bridgehead atoms. The van der Waals surface area contributed by atoms with E-state index in [0.29, 0.717) is 30.0 Å². The average Bonchev–Trinajstić information content (AvgIpc) is 3.38. The van der Waals surface area contributed by atoms with Gasteiger partial charge in [0.15, 0.2) is 0 Å². The SMILES string of the molecule is N#Cc1ccc(OCCCN2CCC(C(O)(C3CCCC3)C3CCCCN3)CC2)cc1. The standard InChI is InChI=1S/C26H39N3O2/c27-20-21-9-11-24(12-10-21)31-19-5-16-29-17-13-23(14-18-29)26(30,22-6-1-2-7-22)25-8-3-4-15-28-25/h9-12,22-23,25,28,30H,1-8,13-19H2. The van der Waals surface area contributed by atoms with Crippen LogP contribution in [-0.4, -0.2) is 54.4 Å². The molecule has 2 atom stereocenters. The van der Waals surface area contributed by atoms with Gasteiger partial charge >= 0.3 is 0 Å². The Labute approximate surface area is 187 Å². The second kappa shape index (κ2) is 10.8. The molecule has 1 saturated carbocycles. The summed E-state index contributed by atoms with van der Waals surface area (Å²) in [5.74, 6) is 1.75. The quantitative estimate of drug-likeness (QED) is 0.614. The molecule has 0 radical (unpaired) electrons. The zero-order valence-electron chi connectivity index (χ0n) is 18.9. The minimum Gasteiger partial charge on any atom is -0.494 e. The van der Waals surface area contributed by atoms with E-state index in [1.807, 2.05) is 12.1 Å². The molecule has 2 heterocycles. The van der Waals surface area contributed by atoms with Crippen molar-refractivity contribution in [2.45, 2.75) is 75.9 Å². The lowest BCUT2D eigenvalue weighted by atomic mass is 9.66. The number of hydrogen-bond donors (Lipinski definition) is 2. The molecule has 0 amide bonds. The molecule has 3 fully saturated rings. The van der Waals surface area contributed by atoms with Crippen molar-refractivity contribution in [3.8, 4) is 11.8 Å². The van der Waals surface area contributed by atoms with Gasteiger partial charge in [0.25, 0.3) is 0 Å². The molecule has 2 aliphatic heterocycles. The van der Waals surface area contributed by atoms with E-state index >= 15 is 0 Å². The summed E-state index contributed by atoms with van der Waals surface area (Å²) in [5, 5.41) is 24.7. The molecule has 1 aromatic rings. The Bertz CT molecular complexity index is 711. The Kier molecular flexibility index (Phi) is 7.87. The van der Waals surface area contributed by atoms with Crippen molar-refractivity contribution in [1.82, 2.24) is 10.2 Å². The lowest BCUT2D eigenvalue weighted by Crippen LogP contribution is -2.62. The van der Waals surface area contributed by atoms with E-state index in [2.05, 4.69) is 16.3 Å². The highest BCUT2D eigenvalue weighted by molar-refractivity contribution is 5.34. The normalized spacial score (nSPS) is 25.7. The smallest absolute Gasteiger partial charge is 0.119 e. The molecule has 0 spiro atoms. The monoisotopic (exact) mass is 425 g/mol. The van der Waals surface area contributed by atoms with Crippen molar-refractivity contribution in [1.29, 1.82) is 5.26 Å². The fraction of sp³-hybridized carbons (Fsp3) is 0.731. The van der Waals surface area contributed by atoms with Gasteiger partial charge in [-0.15, -0.1) is 0 Å². The van der Waals surface area contributed by atoms with Gasteiger partial charge in [-0.05, 0) is 101 Å². The van der Waals surface area contributed by atoms with E-state index in [9.17, 15) is 5.11 Å². The minimum atomic E-state index is -0.512. The van der Waals surface area contributed by atoms with Crippen molar-refractivity contribution in [2.75, 3.05) is 32.8 Å². The van der Waals surface area contributed by atoms with Gasteiger partial charge in [-0.1, -0.05) is 19.3 Å². The third kappa shape index (κ3) is 5.42.